The fraction of sp³-hybridized carbons (Fsp3) is 0.600. The van der Waals surface area contributed by atoms with Crippen LogP contribution in [0.4, 0.5) is 14.5 Å². The van der Waals surface area contributed by atoms with Gasteiger partial charge < -0.3 is 5.32 Å². The van der Waals surface area contributed by atoms with Crippen LogP contribution in [0, 0.1) is 19.8 Å². The molecule has 1 atom stereocenters. The van der Waals surface area contributed by atoms with Gasteiger partial charge in [-0.25, -0.2) is 8.78 Å². The second-order valence-electron chi connectivity index (χ2n) is 5.45. The third-order valence-corrected chi connectivity index (χ3v) is 3.93. The third kappa shape index (κ3) is 3.21. The van der Waals surface area contributed by atoms with Crippen molar-refractivity contribution in [3.63, 3.8) is 0 Å². The topological polar surface area (TPSA) is 12.0 Å². The smallest absolute Gasteiger partial charge is 0.248 e. The molecule has 1 aliphatic rings. The molecule has 1 unspecified atom stereocenters. The number of halogens is 2. The molecule has 18 heavy (non-hydrogen) atoms. The van der Waals surface area contributed by atoms with Crippen molar-refractivity contribution >= 4 is 5.69 Å². The molecular weight excluding hydrogens is 232 g/mol. The van der Waals surface area contributed by atoms with Crippen molar-refractivity contribution in [1.82, 2.24) is 0 Å². The van der Waals surface area contributed by atoms with Gasteiger partial charge in [-0.1, -0.05) is 12.1 Å². The number of rotatable bonds is 3. The van der Waals surface area contributed by atoms with Crippen LogP contribution in [0.25, 0.3) is 0 Å². The molecule has 0 amide bonds. The van der Waals surface area contributed by atoms with Gasteiger partial charge in [0.25, 0.3) is 0 Å². The van der Waals surface area contributed by atoms with E-state index in [1.807, 2.05) is 12.1 Å². The number of benzene rings is 1. The first-order valence-corrected chi connectivity index (χ1v) is 6.66. The molecule has 0 radical (unpaired) electrons. The van der Waals surface area contributed by atoms with E-state index in [1.54, 1.807) is 0 Å². The zero-order valence-corrected chi connectivity index (χ0v) is 11.1. The van der Waals surface area contributed by atoms with E-state index >= 15 is 0 Å². The van der Waals surface area contributed by atoms with E-state index in [-0.39, 0.29) is 18.8 Å². The Morgan fingerprint density at radius 3 is 2.83 bits per heavy atom. The molecule has 1 nitrogen and oxygen atoms in total. The number of aryl methyl sites for hydroxylation is 1. The van der Waals surface area contributed by atoms with Crippen molar-refractivity contribution in [3.05, 3.63) is 29.3 Å². The summed E-state index contributed by atoms with van der Waals surface area (Å²) >= 11 is 0. The van der Waals surface area contributed by atoms with Crippen LogP contribution in [-0.2, 0) is 0 Å². The van der Waals surface area contributed by atoms with E-state index in [1.165, 1.54) is 11.1 Å². The molecule has 1 aromatic carbocycles. The highest BCUT2D eigenvalue weighted by molar-refractivity contribution is 5.53. The maximum Gasteiger partial charge on any atom is 0.248 e. The summed E-state index contributed by atoms with van der Waals surface area (Å²) in [5.41, 5.74) is 3.51. The van der Waals surface area contributed by atoms with Crippen molar-refractivity contribution in [2.24, 2.45) is 5.92 Å². The Kier molecular flexibility index (Phi) is 3.88. The van der Waals surface area contributed by atoms with Gasteiger partial charge in [-0.05, 0) is 49.8 Å². The normalized spacial score (nSPS) is 22.8. The van der Waals surface area contributed by atoms with Gasteiger partial charge in [-0.3, -0.25) is 0 Å². The Morgan fingerprint density at radius 2 is 2.11 bits per heavy atom. The lowest BCUT2D eigenvalue weighted by molar-refractivity contribution is -0.0502. The lowest BCUT2D eigenvalue weighted by Gasteiger charge is -2.29. The molecule has 0 bridgehead atoms. The molecule has 1 aromatic rings. The monoisotopic (exact) mass is 253 g/mol. The fourth-order valence-corrected chi connectivity index (χ4v) is 2.65. The second-order valence-corrected chi connectivity index (χ2v) is 5.45. The van der Waals surface area contributed by atoms with Crippen LogP contribution < -0.4 is 5.32 Å². The lowest BCUT2D eigenvalue weighted by atomic mass is 9.86. The molecule has 0 aliphatic heterocycles. The van der Waals surface area contributed by atoms with Crippen molar-refractivity contribution in [3.8, 4) is 0 Å². The largest absolute Gasteiger partial charge is 0.385 e. The minimum absolute atomic E-state index is 0.0326. The quantitative estimate of drug-likeness (QED) is 0.833. The van der Waals surface area contributed by atoms with E-state index in [2.05, 4.69) is 25.2 Å². The van der Waals surface area contributed by atoms with Crippen molar-refractivity contribution < 1.29 is 8.78 Å². The Labute approximate surface area is 108 Å². The summed E-state index contributed by atoms with van der Waals surface area (Å²) in [7, 11) is 0. The SMILES string of the molecule is Cc1cccc(NCC2CCCC(F)(F)C2)c1C. The van der Waals surface area contributed by atoms with E-state index in [9.17, 15) is 8.78 Å². The highest BCUT2D eigenvalue weighted by Crippen LogP contribution is 2.36. The van der Waals surface area contributed by atoms with Crippen LogP contribution in [0.2, 0.25) is 0 Å². The molecule has 0 saturated heterocycles. The lowest BCUT2D eigenvalue weighted by Crippen LogP contribution is -2.29. The summed E-state index contributed by atoms with van der Waals surface area (Å²) in [6, 6.07) is 6.08. The molecule has 1 saturated carbocycles. The molecule has 3 heteroatoms. The molecule has 1 fully saturated rings. The summed E-state index contributed by atoms with van der Waals surface area (Å²) < 4.78 is 26.6. The van der Waals surface area contributed by atoms with Crippen LogP contribution >= 0.6 is 0 Å². The van der Waals surface area contributed by atoms with Gasteiger partial charge >= 0.3 is 0 Å². The van der Waals surface area contributed by atoms with Gasteiger partial charge in [0, 0.05) is 25.1 Å². The van der Waals surface area contributed by atoms with Gasteiger partial charge in [-0.2, -0.15) is 0 Å². The maximum absolute atomic E-state index is 13.3. The zero-order chi connectivity index (χ0) is 13.2. The Hall–Kier alpha value is -1.12. The van der Waals surface area contributed by atoms with Crippen LogP contribution in [0.3, 0.4) is 0 Å². The Balaban J connectivity index is 1.93. The molecule has 100 valence electrons. The fourth-order valence-electron chi connectivity index (χ4n) is 2.65. The van der Waals surface area contributed by atoms with Gasteiger partial charge in [0.05, 0.1) is 0 Å². The first kappa shape index (κ1) is 13.3. The average molecular weight is 253 g/mol. The van der Waals surface area contributed by atoms with Crippen LogP contribution in [0.15, 0.2) is 18.2 Å². The zero-order valence-electron chi connectivity index (χ0n) is 11.1. The third-order valence-electron chi connectivity index (χ3n) is 3.93. The minimum Gasteiger partial charge on any atom is -0.385 e. The Morgan fingerprint density at radius 1 is 1.33 bits per heavy atom. The van der Waals surface area contributed by atoms with Crippen LogP contribution in [0.5, 0.6) is 0 Å². The predicted molar refractivity (Wildman–Crippen MR) is 71.3 cm³/mol. The number of alkyl halides is 2. The van der Waals surface area contributed by atoms with Crippen LogP contribution in [-0.4, -0.2) is 12.5 Å². The van der Waals surface area contributed by atoms with Crippen LogP contribution in [0.1, 0.15) is 36.8 Å². The highest BCUT2D eigenvalue weighted by atomic mass is 19.3. The molecule has 0 aromatic heterocycles. The number of nitrogens with one attached hydrogen (secondary N) is 1. The average Bonchev–Trinajstić information content (AvgIpc) is 2.30. The standard InChI is InChI=1S/C15H21F2N/c1-11-5-3-7-14(12(11)2)18-10-13-6-4-8-15(16,17)9-13/h3,5,7,13,18H,4,6,8-10H2,1-2H3. The van der Waals surface area contributed by atoms with Crippen molar-refractivity contribution in [1.29, 1.82) is 0 Å². The second kappa shape index (κ2) is 5.25. The number of anilines is 1. The minimum atomic E-state index is -2.45. The maximum atomic E-state index is 13.3. The van der Waals surface area contributed by atoms with Gasteiger partial charge in [0.15, 0.2) is 0 Å². The first-order chi connectivity index (χ1) is 8.48. The summed E-state index contributed by atoms with van der Waals surface area (Å²) in [4.78, 5) is 0. The highest BCUT2D eigenvalue weighted by Gasteiger charge is 2.35. The van der Waals surface area contributed by atoms with E-state index in [4.69, 9.17) is 0 Å². The summed E-state index contributed by atoms with van der Waals surface area (Å²) in [5.74, 6) is -2.36. The molecule has 0 heterocycles. The molecule has 1 aliphatic carbocycles. The van der Waals surface area contributed by atoms with E-state index in [0.29, 0.717) is 13.0 Å². The Bertz CT molecular complexity index is 415. The molecule has 1 N–H and O–H groups in total. The van der Waals surface area contributed by atoms with Gasteiger partial charge in [0.2, 0.25) is 5.92 Å². The van der Waals surface area contributed by atoms with E-state index < -0.39 is 5.92 Å². The summed E-state index contributed by atoms with van der Waals surface area (Å²) in [6.45, 7) is 4.78. The molecule has 2 rings (SSSR count). The summed E-state index contributed by atoms with van der Waals surface area (Å²) in [6.07, 6.45) is 1.65. The van der Waals surface area contributed by atoms with Gasteiger partial charge in [-0.15, -0.1) is 0 Å². The number of hydrogen-bond donors (Lipinski definition) is 1. The molecule has 0 spiro atoms. The summed E-state index contributed by atoms with van der Waals surface area (Å²) in [5, 5.41) is 3.33. The number of hydrogen-bond acceptors (Lipinski definition) is 1. The first-order valence-electron chi connectivity index (χ1n) is 6.66. The van der Waals surface area contributed by atoms with Crippen molar-refractivity contribution in [2.75, 3.05) is 11.9 Å². The van der Waals surface area contributed by atoms with Crippen molar-refractivity contribution in [2.45, 2.75) is 45.5 Å². The van der Waals surface area contributed by atoms with E-state index in [0.717, 1.165) is 12.1 Å². The van der Waals surface area contributed by atoms with Gasteiger partial charge in [0.1, 0.15) is 0 Å². The molecular formula is C15H21F2N. The predicted octanol–water partition coefficient (Wildman–Crippen LogP) is 4.54.